The van der Waals surface area contributed by atoms with E-state index in [0.29, 0.717) is 37.5 Å². The van der Waals surface area contributed by atoms with E-state index in [1.807, 2.05) is 0 Å². The van der Waals surface area contributed by atoms with Gasteiger partial charge in [-0.2, -0.15) is 0 Å². The first-order valence-corrected chi connectivity index (χ1v) is 6.79. The number of anilines is 1. The number of aliphatic hydroxyl groups is 1. The second-order valence-corrected chi connectivity index (χ2v) is 4.93. The highest BCUT2D eigenvalue weighted by Crippen LogP contribution is 2.13. The number of hydrogen-bond acceptors (Lipinski definition) is 5. The molecule has 1 saturated heterocycles. The van der Waals surface area contributed by atoms with Gasteiger partial charge in [-0.1, -0.05) is 0 Å². The van der Waals surface area contributed by atoms with Gasteiger partial charge in [-0.15, -0.1) is 0 Å². The summed E-state index contributed by atoms with van der Waals surface area (Å²) >= 11 is 0. The van der Waals surface area contributed by atoms with E-state index < -0.39 is 6.10 Å². The number of nitrogens with one attached hydrogen (secondary N) is 1. The van der Waals surface area contributed by atoms with Crippen LogP contribution < -0.4 is 15.8 Å². The molecule has 1 aliphatic heterocycles. The van der Waals surface area contributed by atoms with Crippen LogP contribution in [0.15, 0.2) is 24.3 Å². The maximum absolute atomic E-state index is 11.2. The second-order valence-electron chi connectivity index (χ2n) is 4.93. The summed E-state index contributed by atoms with van der Waals surface area (Å²) in [5.74, 6) is 0.756. The van der Waals surface area contributed by atoms with Crippen molar-refractivity contribution in [3.63, 3.8) is 0 Å². The number of nitrogens with two attached hydrogens (primary N) is 1. The molecule has 0 bridgehead atoms. The summed E-state index contributed by atoms with van der Waals surface area (Å²) in [6.45, 7) is 2.78. The monoisotopic (exact) mass is 279 g/mol. The number of amides is 1. The second kappa shape index (κ2) is 7.12. The van der Waals surface area contributed by atoms with Crippen LogP contribution in [0.1, 0.15) is 6.42 Å². The number of hydrogen-bond donors (Lipinski definition) is 3. The van der Waals surface area contributed by atoms with Crippen LogP contribution in [0.25, 0.3) is 0 Å². The van der Waals surface area contributed by atoms with Gasteiger partial charge in [0.1, 0.15) is 18.5 Å². The lowest BCUT2D eigenvalue weighted by molar-refractivity contribution is -0.120. The fraction of sp³-hybridized carbons (Fsp3) is 0.500. The molecule has 0 saturated carbocycles. The highest BCUT2D eigenvalue weighted by molar-refractivity contribution is 5.76. The van der Waals surface area contributed by atoms with Gasteiger partial charge >= 0.3 is 0 Å². The zero-order chi connectivity index (χ0) is 14.4. The van der Waals surface area contributed by atoms with E-state index in [2.05, 4.69) is 10.2 Å². The largest absolute Gasteiger partial charge is 0.491 e. The van der Waals surface area contributed by atoms with Crippen LogP contribution in [0.5, 0.6) is 5.75 Å². The Morgan fingerprint density at radius 2 is 2.10 bits per heavy atom. The molecule has 1 amide bonds. The topological polar surface area (TPSA) is 87.8 Å². The van der Waals surface area contributed by atoms with Crippen LogP contribution in [0.3, 0.4) is 0 Å². The van der Waals surface area contributed by atoms with Crippen molar-refractivity contribution in [2.45, 2.75) is 12.5 Å². The molecule has 6 heteroatoms. The molecule has 0 spiro atoms. The molecule has 0 radical (unpaired) electrons. The lowest BCUT2D eigenvalue weighted by Crippen LogP contribution is -2.37. The van der Waals surface area contributed by atoms with Crippen LogP contribution in [-0.2, 0) is 4.79 Å². The molecule has 1 aromatic carbocycles. The van der Waals surface area contributed by atoms with Crippen LogP contribution in [0.4, 0.5) is 5.69 Å². The number of benzene rings is 1. The minimum atomic E-state index is -0.583. The van der Waals surface area contributed by atoms with E-state index in [-0.39, 0.29) is 12.5 Å². The average Bonchev–Trinajstić information content (AvgIpc) is 2.63. The Kier molecular flexibility index (Phi) is 5.20. The lowest BCUT2D eigenvalue weighted by Gasteiger charge is -2.22. The molecule has 0 aliphatic carbocycles. The zero-order valence-electron chi connectivity index (χ0n) is 11.4. The molecule has 1 aliphatic rings. The van der Waals surface area contributed by atoms with Gasteiger partial charge in [0.15, 0.2) is 0 Å². The van der Waals surface area contributed by atoms with Crippen molar-refractivity contribution in [1.82, 2.24) is 10.2 Å². The number of rotatable bonds is 5. The Morgan fingerprint density at radius 1 is 1.35 bits per heavy atom. The first-order chi connectivity index (χ1) is 9.63. The fourth-order valence-corrected chi connectivity index (χ4v) is 2.10. The van der Waals surface area contributed by atoms with Gasteiger partial charge in [-0.25, -0.2) is 0 Å². The van der Waals surface area contributed by atoms with E-state index >= 15 is 0 Å². The van der Waals surface area contributed by atoms with Crippen molar-refractivity contribution in [1.29, 1.82) is 0 Å². The molecule has 1 fully saturated rings. The first-order valence-electron chi connectivity index (χ1n) is 6.79. The van der Waals surface area contributed by atoms with Crippen molar-refractivity contribution in [3.05, 3.63) is 24.3 Å². The van der Waals surface area contributed by atoms with E-state index in [1.165, 1.54) is 0 Å². The van der Waals surface area contributed by atoms with E-state index in [0.717, 1.165) is 6.54 Å². The summed E-state index contributed by atoms with van der Waals surface area (Å²) in [4.78, 5) is 13.3. The number of carbonyl (C=O) groups is 1. The van der Waals surface area contributed by atoms with Crippen LogP contribution in [0, 0.1) is 0 Å². The van der Waals surface area contributed by atoms with E-state index in [9.17, 15) is 9.90 Å². The van der Waals surface area contributed by atoms with Crippen LogP contribution in [0.2, 0.25) is 0 Å². The van der Waals surface area contributed by atoms with Crippen LogP contribution >= 0.6 is 0 Å². The SMILES string of the molecule is Nc1ccc(OCC(O)CN2CCNC(=O)CC2)cc1. The number of carbonyl (C=O) groups excluding carboxylic acids is 1. The van der Waals surface area contributed by atoms with Gasteiger partial charge in [-0.3, -0.25) is 9.69 Å². The normalized spacial score (nSPS) is 18.1. The Bertz CT molecular complexity index is 436. The Hall–Kier alpha value is -1.79. The number of β-amino-alcohol motifs (C(OH)–C–C–N with tert-alkyl or cyclic N) is 1. The quantitative estimate of drug-likeness (QED) is 0.651. The predicted molar refractivity (Wildman–Crippen MR) is 76.4 cm³/mol. The molecule has 1 aromatic rings. The van der Waals surface area contributed by atoms with Crippen LogP contribution in [-0.4, -0.2) is 54.8 Å². The van der Waals surface area contributed by atoms with Gasteiger partial charge in [0.25, 0.3) is 0 Å². The highest BCUT2D eigenvalue weighted by atomic mass is 16.5. The molecule has 20 heavy (non-hydrogen) atoms. The molecule has 110 valence electrons. The third-order valence-corrected chi connectivity index (χ3v) is 3.20. The maximum Gasteiger partial charge on any atom is 0.221 e. The summed E-state index contributed by atoms with van der Waals surface area (Å²) < 4.78 is 5.50. The molecular formula is C14H21N3O3. The molecule has 6 nitrogen and oxygen atoms in total. The number of nitrogens with zero attached hydrogens (tertiary/aromatic N) is 1. The van der Waals surface area contributed by atoms with E-state index in [4.69, 9.17) is 10.5 Å². The molecule has 1 heterocycles. The summed E-state index contributed by atoms with van der Waals surface area (Å²) in [5, 5.41) is 12.8. The van der Waals surface area contributed by atoms with Crippen molar-refractivity contribution < 1.29 is 14.6 Å². The van der Waals surface area contributed by atoms with E-state index in [1.54, 1.807) is 24.3 Å². The zero-order valence-corrected chi connectivity index (χ0v) is 11.4. The predicted octanol–water partition coefficient (Wildman–Crippen LogP) is -0.170. The minimum absolute atomic E-state index is 0.0696. The van der Waals surface area contributed by atoms with Gasteiger partial charge in [0.2, 0.25) is 5.91 Å². The molecule has 0 aromatic heterocycles. The average molecular weight is 279 g/mol. The van der Waals surface area contributed by atoms with Crippen molar-refractivity contribution >= 4 is 11.6 Å². The van der Waals surface area contributed by atoms with Gasteiger partial charge < -0.3 is 20.9 Å². The fourth-order valence-electron chi connectivity index (χ4n) is 2.10. The summed E-state index contributed by atoms with van der Waals surface area (Å²) in [6.07, 6.45) is -0.105. The Labute approximate surface area is 118 Å². The first kappa shape index (κ1) is 14.6. The standard InChI is InChI=1S/C14H21N3O3/c15-11-1-3-13(4-2-11)20-10-12(18)9-17-7-5-14(19)16-6-8-17/h1-4,12,18H,5-10,15H2,(H,16,19). The maximum atomic E-state index is 11.2. The molecule has 2 rings (SSSR count). The van der Waals surface area contributed by atoms with Crippen molar-refractivity contribution in [2.75, 3.05) is 38.5 Å². The number of ether oxygens (including phenoxy) is 1. The Balaban J connectivity index is 1.73. The van der Waals surface area contributed by atoms with Gasteiger partial charge in [0.05, 0.1) is 0 Å². The molecule has 4 N–H and O–H groups in total. The minimum Gasteiger partial charge on any atom is -0.491 e. The number of nitrogen functional groups attached to an aromatic ring is 1. The molecule has 1 atom stereocenters. The smallest absolute Gasteiger partial charge is 0.221 e. The van der Waals surface area contributed by atoms with Crippen molar-refractivity contribution in [3.8, 4) is 5.75 Å². The Morgan fingerprint density at radius 3 is 2.85 bits per heavy atom. The highest BCUT2D eigenvalue weighted by Gasteiger charge is 2.16. The molecular weight excluding hydrogens is 258 g/mol. The number of aliphatic hydroxyl groups excluding tert-OH is 1. The lowest BCUT2D eigenvalue weighted by atomic mass is 10.3. The van der Waals surface area contributed by atoms with Crippen molar-refractivity contribution in [2.24, 2.45) is 0 Å². The van der Waals surface area contributed by atoms with Gasteiger partial charge in [0, 0.05) is 38.3 Å². The third kappa shape index (κ3) is 4.71. The summed E-state index contributed by atoms with van der Waals surface area (Å²) in [7, 11) is 0. The molecule has 1 unspecified atom stereocenters. The summed E-state index contributed by atoms with van der Waals surface area (Å²) in [5.41, 5.74) is 6.27. The third-order valence-electron chi connectivity index (χ3n) is 3.20. The van der Waals surface area contributed by atoms with Gasteiger partial charge in [-0.05, 0) is 24.3 Å². The summed E-state index contributed by atoms with van der Waals surface area (Å²) in [6, 6.07) is 7.06.